The molecule has 0 heterocycles. The van der Waals surface area contributed by atoms with Gasteiger partial charge in [-0.15, -0.1) is 0 Å². The Morgan fingerprint density at radius 1 is 1.07 bits per heavy atom. The molecule has 0 aliphatic carbocycles. The molecule has 2 N–H and O–H groups in total. The summed E-state index contributed by atoms with van der Waals surface area (Å²) in [6.07, 6.45) is -3.66. The third-order valence-corrected chi connectivity index (χ3v) is 3.71. The Labute approximate surface area is 164 Å². The zero-order valence-corrected chi connectivity index (χ0v) is 15.5. The molecule has 0 bridgehead atoms. The molecule has 2 amide bonds. The first-order valence-electron chi connectivity index (χ1n) is 8.24. The molecule has 0 saturated heterocycles. The van der Waals surface area contributed by atoms with Gasteiger partial charge in [0, 0.05) is 11.1 Å². The van der Waals surface area contributed by atoms with Gasteiger partial charge in [-0.05, 0) is 24.3 Å². The van der Waals surface area contributed by atoms with E-state index in [9.17, 15) is 22.8 Å². The van der Waals surface area contributed by atoms with Crippen molar-refractivity contribution in [3.8, 4) is 11.5 Å². The number of hydrogen-bond donors (Lipinski definition) is 2. The van der Waals surface area contributed by atoms with Crippen molar-refractivity contribution in [1.29, 1.82) is 0 Å². The third-order valence-electron chi connectivity index (χ3n) is 3.71. The van der Waals surface area contributed by atoms with E-state index in [0.29, 0.717) is 11.5 Å². The number of rotatable bonds is 7. The highest BCUT2D eigenvalue weighted by molar-refractivity contribution is 5.97. The van der Waals surface area contributed by atoms with Gasteiger partial charge in [0.1, 0.15) is 0 Å². The van der Waals surface area contributed by atoms with Crippen LogP contribution < -0.4 is 20.2 Å². The van der Waals surface area contributed by atoms with Gasteiger partial charge in [0.25, 0.3) is 11.8 Å². The van der Waals surface area contributed by atoms with Crippen LogP contribution in [0.15, 0.2) is 47.6 Å². The second-order valence-corrected chi connectivity index (χ2v) is 5.63. The van der Waals surface area contributed by atoms with Crippen molar-refractivity contribution in [3.63, 3.8) is 0 Å². The molecular weight excluding hydrogens is 391 g/mol. The molecule has 0 spiro atoms. The molecule has 2 rings (SSSR count). The van der Waals surface area contributed by atoms with Crippen molar-refractivity contribution in [3.05, 3.63) is 59.2 Å². The van der Waals surface area contributed by atoms with Gasteiger partial charge in [-0.3, -0.25) is 9.59 Å². The molecule has 0 radical (unpaired) electrons. The van der Waals surface area contributed by atoms with Crippen molar-refractivity contribution in [1.82, 2.24) is 10.7 Å². The number of ether oxygens (including phenoxy) is 2. The molecule has 0 atom stereocenters. The number of nitrogens with zero attached hydrogens (tertiary/aromatic N) is 1. The largest absolute Gasteiger partial charge is 0.493 e. The minimum absolute atomic E-state index is 0.199. The number of halogens is 3. The summed E-state index contributed by atoms with van der Waals surface area (Å²) in [7, 11) is 2.87. The van der Waals surface area contributed by atoms with Crippen LogP contribution in [0.4, 0.5) is 13.2 Å². The number of amides is 2. The molecule has 10 heteroatoms. The smallest absolute Gasteiger partial charge is 0.417 e. The van der Waals surface area contributed by atoms with E-state index in [1.165, 1.54) is 50.6 Å². The summed E-state index contributed by atoms with van der Waals surface area (Å²) in [4.78, 5) is 23.9. The minimum Gasteiger partial charge on any atom is -0.493 e. The molecule has 29 heavy (non-hydrogen) atoms. The Kier molecular flexibility index (Phi) is 7.18. The number of hydrazone groups is 1. The standard InChI is InChI=1S/C19H18F3N3O4/c1-28-15-8-7-12(9-16(15)29-2)18(27)23-11-17(26)25-24-10-13-5-3-4-6-14(13)19(20,21)22/h3-10H,11H2,1-2H3,(H,23,27)(H,25,26)/b24-10+. The first-order valence-corrected chi connectivity index (χ1v) is 8.24. The minimum atomic E-state index is -4.54. The molecule has 154 valence electrons. The van der Waals surface area contributed by atoms with Gasteiger partial charge in [-0.1, -0.05) is 18.2 Å². The third kappa shape index (κ3) is 5.96. The average Bonchev–Trinajstić information content (AvgIpc) is 2.71. The maximum Gasteiger partial charge on any atom is 0.417 e. The summed E-state index contributed by atoms with van der Waals surface area (Å²) in [5.41, 5.74) is 1.22. The summed E-state index contributed by atoms with van der Waals surface area (Å²) in [5, 5.41) is 5.87. The zero-order valence-electron chi connectivity index (χ0n) is 15.5. The fourth-order valence-corrected chi connectivity index (χ4v) is 2.32. The zero-order chi connectivity index (χ0) is 21.4. The quantitative estimate of drug-likeness (QED) is 0.544. The predicted octanol–water partition coefficient (Wildman–Crippen LogP) is 2.60. The van der Waals surface area contributed by atoms with Crippen LogP contribution in [-0.2, 0) is 11.0 Å². The van der Waals surface area contributed by atoms with Crippen molar-refractivity contribution in [2.24, 2.45) is 5.10 Å². The topological polar surface area (TPSA) is 89.0 Å². The maximum atomic E-state index is 12.9. The number of nitrogens with one attached hydrogen (secondary N) is 2. The van der Waals surface area contributed by atoms with Crippen LogP contribution in [0.25, 0.3) is 0 Å². The second-order valence-electron chi connectivity index (χ2n) is 5.63. The Morgan fingerprint density at radius 3 is 2.41 bits per heavy atom. The van der Waals surface area contributed by atoms with E-state index >= 15 is 0 Å². The Balaban J connectivity index is 1.92. The SMILES string of the molecule is COc1ccc(C(=O)NCC(=O)N/N=C/c2ccccc2C(F)(F)F)cc1OC. The molecule has 7 nitrogen and oxygen atoms in total. The fourth-order valence-electron chi connectivity index (χ4n) is 2.32. The Morgan fingerprint density at radius 2 is 1.76 bits per heavy atom. The lowest BCUT2D eigenvalue weighted by Crippen LogP contribution is -2.34. The van der Waals surface area contributed by atoms with Gasteiger partial charge in [0.15, 0.2) is 11.5 Å². The monoisotopic (exact) mass is 409 g/mol. The molecule has 0 unspecified atom stereocenters. The van der Waals surface area contributed by atoms with Crippen LogP contribution in [0.1, 0.15) is 21.5 Å². The first kappa shape index (κ1) is 21.7. The highest BCUT2D eigenvalue weighted by Gasteiger charge is 2.32. The summed E-state index contributed by atoms with van der Waals surface area (Å²) in [6.45, 7) is -0.425. The Hall–Kier alpha value is -3.56. The van der Waals surface area contributed by atoms with Crippen LogP contribution in [0.3, 0.4) is 0 Å². The highest BCUT2D eigenvalue weighted by Crippen LogP contribution is 2.31. The number of benzene rings is 2. The van der Waals surface area contributed by atoms with Gasteiger partial charge in [0.05, 0.1) is 32.5 Å². The van der Waals surface area contributed by atoms with E-state index in [0.717, 1.165) is 12.3 Å². The molecule has 0 aliphatic rings. The normalized spacial score (nSPS) is 11.2. The summed E-state index contributed by atoms with van der Waals surface area (Å²) in [6, 6.07) is 9.27. The van der Waals surface area contributed by atoms with Gasteiger partial charge < -0.3 is 14.8 Å². The van der Waals surface area contributed by atoms with E-state index in [1.54, 1.807) is 0 Å². The van der Waals surface area contributed by atoms with E-state index in [2.05, 4.69) is 15.8 Å². The molecule has 0 aliphatic heterocycles. The van der Waals surface area contributed by atoms with Crippen LogP contribution in [0.2, 0.25) is 0 Å². The first-order chi connectivity index (χ1) is 13.8. The maximum absolute atomic E-state index is 12.9. The predicted molar refractivity (Wildman–Crippen MR) is 99.1 cm³/mol. The summed E-state index contributed by atoms with van der Waals surface area (Å²) >= 11 is 0. The van der Waals surface area contributed by atoms with Crippen molar-refractivity contribution >= 4 is 18.0 Å². The van der Waals surface area contributed by atoms with Crippen molar-refractivity contribution < 1.29 is 32.2 Å². The fraction of sp³-hybridized carbons (Fsp3) is 0.211. The number of carbonyl (C=O) groups is 2. The summed E-state index contributed by atoms with van der Waals surface area (Å²) < 4.78 is 48.9. The van der Waals surface area contributed by atoms with Gasteiger partial charge in [-0.2, -0.15) is 18.3 Å². The van der Waals surface area contributed by atoms with Gasteiger partial charge >= 0.3 is 6.18 Å². The highest BCUT2D eigenvalue weighted by atomic mass is 19.4. The molecule has 0 fully saturated rings. The van der Waals surface area contributed by atoms with E-state index in [1.807, 2.05) is 0 Å². The van der Waals surface area contributed by atoms with Crippen molar-refractivity contribution in [2.45, 2.75) is 6.18 Å². The lowest BCUT2D eigenvalue weighted by Gasteiger charge is -2.10. The number of methoxy groups -OCH3 is 2. The summed E-state index contributed by atoms with van der Waals surface area (Å²) in [5.74, 6) is -0.472. The lowest BCUT2D eigenvalue weighted by molar-refractivity contribution is -0.137. The Bertz CT molecular complexity index is 914. The van der Waals surface area contributed by atoms with Crippen LogP contribution in [-0.4, -0.2) is 38.8 Å². The van der Waals surface area contributed by atoms with Crippen LogP contribution in [0, 0.1) is 0 Å². The second kappa shape index (κ2) is 9.58. The number of hydrogen-bond acceptors (Lipinski definition) is 5. The van der Waals surface area contributed by atoms with Crippen LogP contribution in [0.5, 0.6) is 11.5 Å². The molecule has 0 saturated carbocycles. The molecule has 2 aromatic rings. The molecule has 0 aromatic heterocycles. The van der Waals surface area contributed by atoms with Gasteiger partial charge in [0.2, 0.25) is 0 Å². The van der Waals surface area contributed by atoms with Crippen LogP contribution >= 0.6 is 0 Å². The van der Waals surface area contributed by atoms with E-state index in [4.69, 9.17) is 9.47 Å². The van der Waals surface area contributed by atoms with E-state index < -0.39 is 30.1 Å². The molecular formula is C19H18F3N3O4. The molecule has 2 aromatic carbocycles. The average molecular weight is 409 g/mol. The van der Waals surface area contributed by atoms with E-state index in [-0.39, 0.29) is 11.1 Å². The van der Waals surface area contributed by atoms with Crippen molar-refractivity contribution in [2.75, 3.05) is 20.8 Å². The number of carbonyl (C=O) groups excluding carboxylic acids is 2. The van der Waals surface area contributed by atoms with Gasteiger partial charge in [-0.25, -0.2) is 5.43 Å². The number of alkyl halides is 3. The lowest BCUT2D eigenvalue weighted by atomic mass is 10.1.